The highest BCUT2D eigenvalue weighted by Crippen LogP contribution is 2.39. The molecule has 12 heteroatoms. The van der Waals surface area contributed by atoms with Gasteiger partial charge in [-0.05, 0) is 86.2 Å². The van der Waals surface area contributed by atoms with Gasteiger partial charge in [0.2, 0.25) is 5.91 Å². The summed E-state index contributed by atoms with van der Waals surface area (Å²) in [6.07, 6.45) is 5.77. The zero-order valence-corrected chi connectivity index (χ0v) is 29.9. The minimum absolute atomic E-state index is 0.00811. The summed E-state index contributed by atoms with van der Waals surface area (Å²) < 4.78 is 15.9. The molecule has 3 aromatic carbocycles. The zero-order chi connectivity index (χ0) is 35.6. The van der Waals surface area contributed by atoms with Crippen LogP contribution in [0.5, 0.6) is 11.5 Å². The molecule has 1 atom stereocenters. The van der Waals surface area contributed by atoms with E-state index in [4.69, 9.17) is 14.2 Å². The Morgan fingerprint density at radius 2 is 1.68 bits per heavy atom. The first kappa shape index (κ1) is 36.2. The second kappa shape index (κ2) is 17.0. The quantitative estimate of drug-likeness (QED) is 0.0745. The lowest BCUT2D eigenvalue weighted by atomic mass is 9.95. The molecule has 1 aliphatic carbocycles. The number of methoxy groups -OCH3 is 3. The van der Waals surface area contributed by atoms with Crippen LogP contribution in [-0.4, -0.2) is 50.3 Å². The van der Waals surface area contributed by atoms with E-state index in [1.165, 1.54) is 43.4 Å². The van der Waals surface area contributed by atoms with E-state index in [-0.39, 0.29) is 11.6 Å². The summed E-state index contributed by atoms with van der Waals surface area (Å²) in [7, 11) is 4.40. The number of thioether (sulfide) groups is 1. The van der Waals surface area contributed by atoms with Gasteiger partial charge in [-0.25, -0.2) is 4.79 Å². The number of fused-ring (bicyclic) bond motifs is 1. The maximum absolute atomic E-state index is 13.7. The van der Waals surface area contributed by atoms with Crippen LogP contribution in [0.4, 0.5) is 10.7 Å². The van der Waals surface area contributed by atoms with Crippen molar-refractivity contribution in [1.82, 2.24) is 5.32 Å². The molecule has 0 radical (unpaired) electrons. The number of anilines is 2. The molecule has 0 saturated carbocycles. The van der Waals surface area contributed by atoms with Gasteiger partial charge in [-0.1, -0.05) is 31.2 Å². The number of carbonyl (C=O) groups is 4. The van der Waals surface area contributed by atoms with Crippen LogP contribution in [0, 0.1) is 0 Å². The predicted octanol–water partition coefficient (Wildman–Crippen LogP) is 7.35. The molecule has 1 aliphatic rings. The summed E-state index contributed by atoms with van der Waals surface area (Å²) in [5, 5.41) is 8.69. The Labute approximate surface area is 299 Å². The SMILES string of the molecule is CCC(Sc1cccc(NC(=O)/C(=C\c2ccc(OC)cc2OC)NC(=O)c2ccccc2)c1)C(=O)Nc1sc2c(c1C(=O)OC)CCCC2. The number of ether oxygens (including phenoxy) is 3. The van der Waals surface area contributed by atoms with E-state index in [1.807, 2.05) is 13.0 Å². The molecular weight excluding hydrogens is 675 g/mol. The minimum Gasteiger partial charge on any atom is -0.497 e. The second-order valence-corrected chi connectivity index (χ2v) is 13.8. The third-order valence-corrected chi connectivity index (χ3v) is 10.7. The van der Waals surface area contributed by atoms with Gasteiger partial charge in [0.15, 0.2) is 0 Å². The van der Waals surface area contributed by atoms with Crippen molar-refractivity contribution in [3.05, 3.63) is 106 Å². The van der Waals surface area contributed by atoms with Gasteiger partial charge in [0.05, 0.1) is 32.1 Å². The fourth-order valence-electron chi connectivity index (χ4n) is 5.53. The van der Waals surface area contributed by atoms with Crippen LogP contribution in [0.3, 0.4) is 0 Å². The van der Waals surface area contributed by atoms with E-state index in [2.05, 4.69) is 16.0 Å². The molecular formula is C38H39N3O7S2. The first-order valence-electron chi connectivity index (χ1n) is 16.2. The van der Waals surface area contributed by atoms with E-state index in [0.29, 0.717) is 45.3 Å². The molecule has 1 unspecified atom stereocenters. The van der Waals surface area contributed by atoms with Crippen molar-refractivity contribution in [3.63, 3.8) is 0 Å². The monoisotopic (exact) mass is 713 g/mol. The molecule has 260 valence electrons. The molecule has 1 heterocycles. The standard InChI is InChI=1S/C38H39N3O7S2/c1-5-31(36(44)41-37-33(38(45)48-4)28-16-9-10-17-32(28)50-37)49-27-15-11-14-25(21-27)39-35(43)29(40-34(42)23-12-7-6-8-13-23)20-24-18-19-26(46-2)22-30(24)47-3/h6-8,11-15,18-22,31H,5,9-10,16-17H2,1-4H3,(H,39,43)(H,40,42)(H,41,44)/b29-20+. The second-order valence-electron chi connectivity index (χ2n) is 11.4. The highest BCUT2D eigenvalue weighted by atomic mass is 32.2. The van der Waals surface area contributed by atoms with Crippen molar-refractivity contribution in [2.24, 2.45) is 0 Å². The number of benzene rings is 3. The summed E-state index contributed by atoms with van der Waals surface area (Å²) in [6, 6.07) is 20.9. The Morgan fingerprint density at radius 3 is 2.40 bits per heavy atom. The predicted molar refractivity (Wildman–Crippen MR) is 197 cm³/mol. The normalized spacial score (nSPS) is 13.0. The Bertz CT molecular complexity index is 1910. The number of hydrogen-bond donors (Lipinski definition) is 3. The number of thiophene rings is 1. The number of rotatable bonds is 13. The maximum atomic E-state index is 13.7. The summed E-state index contributed by atoms with van der Waals surface area (Å²) in [5.74, 6) is -0.656. The van der Waals surface area contributed by atoms with Crippen molar-refractivity contribution in [2.75, 3.05) is 32.0 Å². The number of amides is 3. The van der Waals surface area contributed by atoms with E-state index >= 15 is 0 Å². The smallest absolute Gasteiger partial charge is 0.341 e. The Morgan fingerprint density at radius 1 is 0.900 bits per heavy atom. The summed E-state index contributed by atoms with van der Waals surface area (Å²) in [4.78, 5) is 55.0. The van der Waals surface area contributed by atoms with E-state index < -0.39 is 23.0 Å². The fourth-order valence-corrected chi connectivity index (χ4v) is 7.83. The summed E-state index contributed by atoms with van der Waals surface area (Å²) in [6.45, 7) is 1.92. The number of nitrogens with one attached hydrogen (secondary N) is 3. The third-order valence-electron chi connectivity index (χ3n) is 8.10. The highest BCUT2D eigenvalue weighted by Gasteiger charge is 2.29. The van der Waals surface area contributed by atoms with Gasteiger partial charge < -0.3 is 30.2 Å². The van der Waals surface area contributed by atoms with Crippen LogP contribution < -0.4 is 25.4 Å². The van der Waals surface area contributed by atoms with Crippen LogP contribution in [0.15, 0.2) is 83.4 Å². The van der Waals surface area contributed by atoms with Gasteiger partial charge in [-0.15, -0.1) is 23.1 Å². The van der Waals surface area contributed by atoms with Gasteiger partial charge in [0, 0.05) is 32.7 Å². The van der Waals surface area contributed by atoms with Crippen molar-refractivity contribution >= 4 is 63.6 Å². The molecule has 0 fully saturated rings. The molecule has 1 aromatic heterocycles. The fraction of sp³-hybridized carbons (Fsp3) is 0.263. The van der Waals surface area contributed by atoms with Crippen molar-refractivity contribution in [2.45, 2.75) is 49.2 Å². The molecule has 0 spiro atoms. The lowest BCUT2D eigenvalue weighted by Gasteiger charge is -2.16. The lowest BCUT2D eigenvalue weighted by Crippen LogP contribution is -2.30. The zero-order valence-electron chi connectivity index (χ0n) is 28.3. The van der Waals surface area contributed by atoms with Crippen molar-refractivity contribution in [1.29, 1.82) is 0 Å². The van der Waals surface area contributed by atoms with Crippen LogP contribution in [-0.2, 0) is 27.2 Å². The van der Waals surface area contributed by atoms with Crippen LogP contribution in [0.1, 0.15) is 62.9 Å². The van der Waals surface area contributed by atoms with Crippen LogP contribution in [0.2, 0.25) is 0 Å². The number of esters is 1. The minimum atomic E-state index is -0.559. The maximum Gasteiger partial charge on any atom is 0.341 e. The first-order valence-corrected chi connectivity index (χ1v) is 17.9. The van der Waals surface area contributed by atoms with E-state index in [1.54, 1.807) is 73.8 Å². The van der Waals surface area contributed by atoms with Crippen LogP contribution in [0.25, 0.3) is 6.08 Å². The average Bonchev–Trinajstić information content (AvgIpc) is 3.51. The van der Waals surface area contributed by atoms with E-state index in [9.17, 15) is 19.2 Å². The molecule has 50 heavy (non-hydrogen) atoms. The molecule has 3 N–H and O–H groups in total. The highest BCUT2D eigenvalue weighted by molar-refractivity contribution is 8.00. The Hall–Kier alpha value is -5.07. The Balaban J connectivity index is 1.35. The number of carbonyl (C=O) groups excluding carboxylic acids is 4. The largest absolute Gasteiger partial charge is 0.497 e. The molecule has 3 amide bonds. The summed E-state index contributed by atoms with van der Waals surface area (Å²) in [5.41, 5.74) is 2.83. The van der Waals surface area contributed by atoms with E-state index in [0.717, 1.165) is 41.0 Å². The lowest BCUT2D eigenvalue weighted by molar-refractivity contribution is -0.116. The molecule has 0 bridgehead atoms. The number of aryl methyl sites for hydroxylation is 1. The summed E-state index contributed by atoms with van der Waals surface area (Å²) >= 11 is 2.80. The third kappa shape index (κ3) is 8.74. The van der Waals surface area contributed by atoms with Gasteiger partial charge in [0.25, 0.3) is 11.8 Å². The van der Waals surface area contributed by atoms with Gasteiger partial charge in [-0.3, -0.25) is 14.4 Å². The molecule has 5 rings (SSSR count). The first-order chi connectivity index (χ1) is 24.2. The average molecular weight is 714 g/mol. The van der Waals surface area contributed by atoms with Gasteiger partial charge >= 0.3 is 5.97 Å². The van der Waals surface area contributed by atoms with Gasteiger partial charge in [-0.2, -0.15) is 0 Å². The topological polar surface area (TPSA) is 132 Å². The molecule has 0 aliphatic heterocycles. The molecule has 10 nitrogen and oxygen atoms in total. The molecule has 4 aromatic rings. The number of hydrogen-bond acceptors (Lipinski definition) is 9. The van der Waals surface area contributed by atoms with Crippen molar-refractivity contribution in [3.8, 4) is 11.5 Å². The molecule has 0 saturated heterocycles. The van der Waals surface area contributed by atoms with Gasteiger partial charge in [0.1, 0.15) is 22.2 Å². The van der Waals surface area contributed by atoms with Crippen molar-refractivity contribution < 1.29 is 33.4 Å². The van der Waals surface area contributed by atoms with Crippen LogP contribution >= 0.6 is 23.1 Å². The Kier molecular flexibility index (Phi) is 12.3.